The Morgan fingerprint density at radius 3 is 2.62 bits per heavy atom. The van der Waals surface area contributed by atoms with Crippen LogP contribution in [-0.2, 0) is 22.5 Å². The number of rotatable bonds is 7. The standard InChI is InChI=1S/C24H27NO9/c26-12-19-21(27)22(28)23(24(29)32-19)34-33-17-3-1-2-15-20(17)14(11-25-15)6-4-13-5-7-16-18(10-13)31-9-8-30-16/h1-3,5,7,10-11,19,21-29H,4,6,8-9,12H2/t19-,21-,22+,23-,24-/m1/s1. The molecule has 2 aromatic carbocycles. The second-order valence-electron chi connectivity index (χ2n) is 8.34. The lowest BCUT2D eigenvalue weighted by Crippen LogP contribution is -2.59. The van der Waals surface area contributed by atoms with Crippen LogP contribution in [0.3, 0.4) is 0 Å². The van der Waals surface area contributed by atoms with E-state index < -0.39 is 37.3 Å². The number of aryl methyl sites for hydroxylation is 2. The van der Waals surface area contributed by atoms with Gasteiger partial charge in [-0.1, -0.05) is 12.1 Å². The Bertz CT molecular complexity index is 1130. The average Bonchev–Trinajstić information content (AvgIpc) is 3.28. The Balaban J connectivity index is 1.30. The van der Waals surface area contributed by atoms with Gasteiger partial charge in [0, 0.05) is 17.1 Å². The van der Waals surface area contributed by atoms with E-state index in [1.165, 1.54) is 0 Å². The number of hydrogen-bond donors (Lipinski definition) is 5. The highest BCUT2D eigenvalue weighted by Gasteiger charge is 2.45. The first-order chi connectivity index (χ1) is 16.5. The number of aromatic nitrogens is 1. The molecular formula is C24H27NO9. The van der Waals surface area contributed by atoms with Crippen molar-refractivity contribution in [2.75, 3.05) is 19.8 Å². The van der Waals surface area contributed by atoms with E-state index in [-0.39, 0.29) is 0 Å². The van der Waals surface area contributed by atoms with Gasteiger partial charge in [0.1, 0.15) is 31.5 Å². The van der Waals surface area contributed by atoms with Crippen LogP contribution in [0.15, 0.2) is 42.6 Å². The third-order valence-electron chi connectivity index (χ3n) is 6.13. The van der Waals surface area contributed by atoms with Gasteiger partial charge in [-0.3, -0.25) is 0 Å². The molecular weight excluding hydrogens is 446 g/mol. The molecule has 182 valence electrons. The van der Waals surface area contributed by atoms with E-state index >= 15 is 0 Å². The summed E-state index contributed by atoms with van der Waals surface area (Å²) < 4.78 is 16.4. The summed E-state index contributed by atoms with van der Waals surface area (Å²) in [7, 11) is 0. The number of aromatic amines is 1. The lowest BCUT2D eigenvalue weighted by atomic mass is 9.99. The van der Waals surface area contributed by atoms with Gasteiger partial charge in [0.05, 0.1) is 6.61 Å². The summed E-state index contributed by atoms with van der Waals surface area (Å²) in [6.45, 7) is 0.527. The number of ether oxygens (including phenoxy) is 3. The van der Waals surface area contributed by atoms with E-state index in [9.17, 15) is 20.4 Å². The summed E-state index contributed by atoms with van der Waals surface area (Å²) in [5.74, 6) is 1.88. The molecule has 2 aliphatic heterocycles. The molecule has 5 rings (SSSR count). The summed E-state index contributed by atoms with van der Waals surface area (Å²) in [5.41, 5.74) is 2.93. The highest BCUT2D eigenvalue weighted by molar-refractivity contribution is 5.89. The molecule has 5 atom stereocenters. The van der Waals surface area contributed by atoms with Gasteiger partial charge in [-0.2, -0.15) is 4.89 Å². The molecule has 0 amide bonds. The number of benzene rings is 2. The summed E-state index contributed by atoms with van der Waals surface area (Å²) in [6.07, 6.45) is -3.67. The first kappa shape index (κ1) is 22.9. The van der Waals surface area contributed by atoms with Gasteiger partial charge in [-0.05, 0) is 48.2 Å². The zero-order chi connectivity index (χ0) is 23.7. The highest BCUT2D eigenvalue weighted by atomic mass is 17.2. The first-order valence-corrected chi connectivity index (χ1v) is 11.2. The minimum absolute atomic E-state index is 0.383. The lowest BCUT2D eigenvalue weighted by molar-refractivity contribution is -0.364. The van der Waals surface area contributed by atoms with Crippen LogP contribution in [-0.4, -0.2) is 75.9 Å². The van der Waals surface area contributed by atoms with Crippen molar-refractivity contribution < 1.29 is 44.4 Å². The molecule has 3 heterocycles. The monoisotopic (exact) mass is 473 g/mol. The van der Waals surface area contributed by atoms with Crippen molar-refractivity contribution in [2.24, 2.45) is 0 Å². The largest absolute Gasteiger partial charge is 0.486 e. The summed E-state index contributed by atoms with van der Waals surface area (Å²) in [6, 6.07) is 11.3. The fourth-order valence-electron chi connectivity index (χ4n) is 4.29. The van der Waals surface area contributed by atoms with Gasteiger partial charge in [0.15, 0.2) is 29.6 Å². The SMILES string of the molecule is OC[C@H]1O[C@@H](O)[C@H](OOc2cccc3[nH]cc(CCc4ccc5c(c4)OCCO5)c23)[C@@H](O)[C@@H]1O. The van der Waals surface area contributed by atoms with Crippen LogP contribution >= 0.6 is 0 Å². The number of hydrogen-bond acceptors (Lipinski definition) is 9. The molecule has 0 aliphatic carbocycles. The van der Waals surface area contributed by atoms with Crippen molar-refractivity contribution in [2.45, 2.75) is 43.5 Å². The topological polar surface area (TPSA) is 143 Å². The molecule has 34 heavy (non-hydrogen) atoms. The van der Waals surface area contributed by atoms with Crippen LogP contribution < -0.4 is 14.4 Å². The van der Waals surface area contributed by atoms with Crippen LogP contribution in [0.5, 0.6) is 17.2 Å². The van der Waals surface area contributed by atoms with Gasteiger partial charge >= 0.3 is 0 Å². The van der Waals surface area contributed by atoms with Gasteiger partial charge < -0.3 is 44.5 Å². The smallest absolute Gasteiger partial charge is 0.188 e. The molecule has 2 aliphatic rings. The second-order valence-corrected chi connectivity index (χ2v) is 8.34. The van der Waals surface area contributed by atoms with Crippen molar-refractivity contribution in [1.29, 1.82) is 0 Å². The van der Waals surface area contributed by atoms with Gasteiger partial charge in [0.2, 0.25) is 0 Å². The van der Waals surface area contributed by atoms with Gasteiger partial charge in [-0.15, -0.1) is 0 Å². The number of nitrogens with one attached hydrogen (secondary N) is 1. The van der Waals surface area contributed by atoms with E-state index in [0.29, 0.717) is 25.4 Å². The molecule has 10 nitrogen and oxygen atoms in total. The van der Waals surface area contributed by atoms with E-state index in [0.717, 1.165) is 39.9 Å². The quantitative estimate of drug-likeness (QED) is 0.249. The predicted octanol–water partition coefficient (Wildman–Crippen LogP) is 0.835. The van der Waals surface area contributed by atoms with E-state index in [1.54, 1.807) is 12.1 Å². The summed E-state index contributed by atoms with van der Waals surface area (Å²) in [4.78, 5) is 14.0. The van der Waals surface area contributed by atoms with Crippen molar-refractivity contribution in [3.8, 4) is 17.2 Å². The van der Waals surface area contributed by atoms with Gasteiger partial charge in [0.25, 0.3) is 0 Å². The lowest BCUT2D eigenvalue weighted by Gasteiger charge is -2.38. The molecule has 0 radical (unpaired) electrons. The number of aliphatic hydroxyl groups excluding tert-OH is 4. The Morgan fingerprint density at radius 1 is 0.971 bits per heavy atom. The Morgan fingerprint density at radius 2 is 1.79 bits per heavy atom. The minimum atomic E-state index is -1.59. The third-order valence-corrected chi connectivity index (χ3v) is 6.13. The Kier molecular flexibility index (Phi) is 6.59. The Hall–Kier alpha value is -2.86. The van der Waals surface area contributed by atoms with E-state index in [4.69, 9.17) is 24.0 Å². The van der Waals surface area contributed by atoms with Crippen LogP contribution in [0, 0.1) is 0 Å². The van der Waals surface area contributed by atoms with E-state index in [1.807, 2.05) is 30.5 Å². The highest BCUT2D eigenvalue weighted by Crippen LogP contribution is 2.33. The molecule has 0 spiro atoms. The summed E-state index contributed by atoms with van der Waals surface area (Å²) in [5, 5.41) is 40.5. The molecule has 1 fully saturated rings. The molecule has 5 N–H and O–H groups in total. The fourth-order valence-corrected chi connectivity index (χ4v) is 4.29. The average molecular weight is 473 g/mol. The predicted molar refractivity (Wildman–Crippen MR) is 119 cm³/mol. The Labute approximate surface area is 195 Å². The number of aliphatic hydroxyl groups is 4. The molecule has 1 saturated heterocycles. The molecule has 1 aromatic heterocycles. The van der Waals surface area contributed by atoms with E-state index in [2.05, 4.69) is 4.98 Å². The normalized spacial score (nSPS) is 26.5. The van der Waals surface area contributed by atoms with Crippen molar-refractivity contribution in [1.82, 2.24) is 4.98 Å². The first-order valence-electron chi connectivity index (χ1n) is 11.2. The van der Waals surface area contributed by atoms with Crippen molar-refractivity contribution in [3.05, 3.63) is 53.7 Å². The summed E-state index contributed by atoms with van der Waals surface area (Å²) >= 11 is 0. The maximum Gasteiger partial charge on any atom is 0.188 e. The van der Waals surface area contributed by atoms with Crippen LogP contribution in [0.1, 0.15) is 11.1 Å². The number of fused-ring (bicyclic) bond motifs is 2. The fraction of sp³-hybridized carbons (Fsp3) is 0.417. The molecule has 0 unspecified atom stereocenters. The molecule has 0 saturated carbocycles. The third kappa shape index (κ3) is 4.43. The molecule has 3 aromatic rings. The van der Waals surface area contributed by atoms with Crippen LogP contribution in [0.2, 0.25) is 0 Å². The molecule has 0 bridgehead atoms. The maximum absolute atomic E-state index is 10.3. The van der Waals surface area contributed by atoms with Crippen molar-refractivity contribution >= 4 is 10.9 Å². The molecule has 10 heteroatoms. The second kappa shape index (κ2) is 9.79. The van der Waals surface area contributed by atoms with Gasteiger partial charge in [-0.25, -0.2) is 0 Å². The maximum atomic E-state index is 10.3. The minimum Gasteiger partial charge on any atom is -0.486 e. The van der Waals surface area contributed by atoms with Crippen LogP contribution in [0.4, 0.5) is 0 Å². The van der Waals surface area contributed by atoms with Crippen molar-refractivity contribution in [3.63, 3.8) is 0 Å². The van der Waals surface area contributed by atoms with Crippen LogP contribution in [0.25, 0.3) is 10.9 Å². The zero-order valence-corrected chi connectivity index (χ0v) is 18.3. The number of H-pyrrole nitrogens is 1. The zero-order valence-electron chi connectivity index (χ0n) is 18.3.